The zero-order valence-corrected chi connectivity index (χ0v) is 13.3. The Labute approximate surface area is 128 Å². The number of hydrogen-bond donors (Lipinski definition) is 2. The molecule has 1 aliphatic heterocycles. The summed E-state index contributed by atoms with van der Waals surface area (Å²) in [6.07, 6.45) is 1.41. The molecule has 0 radical (unpaired) electrons. The third kappa shape index (κ3) is 6.38. The van der Waals surface area contributed by atoms with Crippen molar-refractivity contribution in [2.24, 2.45) is 0 Å². The van der Waals surface area contributed by atoms with Gasteiger partial charge in [0.1, 0.15) is 0 Å². The monoisotopic (exact) mass is 336 g/mol. The summed E-state index contributed by atoms with van der Waals surface area (Å²) in [6.45, 7) is 4.07. The number of amides is 2. The Kier molecular flexibility index (Phi) is 7.03. The highest BCUT2D eigenvalue weighted by Gasteiger charge is 2.35. The maximum Gasteiger partial charge on any atom is 0.317 e. The lowest BCUT2D eigenvalue weighted by molar-refractivity contribution is -0.138. The van der Waals surface area contributed by atoms with Gasteiger partial charge < -0.3 is 15.3 Å². The van der Waals surface area contributed by atoms with E-state index in [1.807, 2.05) is 0 Å². The highest BCUT2D eigenvalue weighted by atomic mass is 32.2. The SMILES string of the molecule is C=CCSCCNC(=O)N1CCS(=O)(=O)CC1CC(=O)O. The van der Waals surface area contributed by atoms with Crippen LogP contribution in [0.4, 0.5) is 4.79 Å². The molecular weight excluding hydrogens is 316 g/mol. The first-order chi connectivity index (χ1) is 9.85. The van der Waals surface area contributed by atoms with E-state index in [2.05, 4.69) is 11.9 Å². The van der Waals surface area contributed by atoms with Gasteiger partial charge in [-0.2, -0.15) is 11.8 Å². The molecule has 120 valence electrons. The fourth-order valence-corrected chi connectivity index (χ4v) is 4.13. The predicted octanol–water partition coefficient (Wildman–Crippen LogP) is 0.189. The van der Waals surface area contributed by atoms with Gasteiger partial charge in [0.2, 0.25) is 0 Å². The number of sulfone groups is 1. The number of nitrogens with zero attached hydrogens (tertiary/aromatic N) is 1. The maximum absolute atomic E-state index is 12.0. The molecule has 1 aliphatic rings. The number of thioether (sulfide) groups is 1. The second kappa shape index (κ2) is 8.28. The van der Waals surface area contributed by atoms with Crippen molar-refractivity contribution in [3.8, 4) is 0 Å². The first kappa shape index (κ1) is 17.8. The lowest BCUT2D eigenvalue weighted by atomic mass is 10.2. The molecule has 0 bridgehead atoms. The van der Waals surface area contributed by atoms with E-state index in [4.69, 9.17) is 5.11 Å². The van der Waals surface area contributed by atoms with Gasteiger partial charge >= 0.3 is 12.0 Å². The van der Waals surface area contributed by atoms with Gasteiger partial charge in [-0.05, 0) is 0 Å². The van der Waals surface area contributed by atoms with Crippen LogP contribution in [0.1, 0.15) is 6.42 Å². The molecule has 9 heteroatoms. The Morgan fingerprint density at radius 2 is 2.19 bits per heavy atom. The number of carbonyl (C=O) groups excluding carboxylic acids is 1. The quantitative estimate of drug-likeness (QED) is 0.508. The molecule has 0 saturated carbocycles. The standard InChI is InChI=1S/C12H20N2O5S2/c1-2-5-20-6-3-13-12(17)14-4-7-21(18,19)9-10(14)8-11(15)16/h2,10H,1,3-9H2,(H,13,17)(H,15,16). The Bertz CT molecular complexity index is 492. The first-order valence-corrected chi connectivity index (χ1v) is 9.48. The summed E-state index contributed by atoms with van der Waals surface area (Å²) in [5.74, 6) is -0.0245. The lowest BCUT2D eigenvalue weighted by Gasteiger charge is -2.34. The van der Waals surface area contributed by atoms with E-state index < -0.39 is 27.9 Å². The minimum absolute atomic E-state index is 0.0336. The van der Waals surface area contributed by atoms with Gasteiger partial charge in [0.15, 0.2) is 9.84 Å². The molecule has 7 nitrogen and oxygen atoms in total. The molecule has 1 fully saturated rings. The smallest absolute Gasteiger partial charge is 0.317 e. The van der Waals surface area contributed by atoms with Crippen molar-refractivity contribution in [2.45, 2.75) is 12.5 Å². The highest BCUT2D eigenvalue weighted by Crippen LogP contribution is 2.15. The van der Waals surface area contributed by atoms with Gasteiger partial charge in [-0.3, -0.25) is 4.79 Å². The second-order valence-electron chi connectivity index (χ2n) is 4.65. The van der Waals surface area contributed by atoms with Crippen molar-refractivity contribution in [1.82, 2.24) is 10.2 Å². The molecule has 0 aliphatic carbocycles. The molecular formula is C12H20N2O5S2. The average molecular weight is 336 g/mol. The number of urea groups is 1. The van der Waals surface area contributed by atoms with Crippen LogP contribution >= 0.6 is 11.8 Å². The number of carboxylic acid groups (broad SMARTS) is 1. The van der Waals surface area contributed by atoms with Crippen molar-refractivity contribution >= 4 is 33.6 Å². The van der Waals surface area contributed by atoms with E-state index in [1.165, 1.54) is 4.90 Å². The largest absolute Gasteiger partial charge is 0.481 e. The van der Waals surface area contributed by atoms with E-state index in [-0.39, 0.29) is 24.5 Å². The molecule has 0 aromatic rings. The molecule has 2 N–H and O–H groups in total. The Hall–Kier alpha value is -1.22. The molecule has 0 aromatic carbocycles. The van der Waals surface area contributed by atoms with Crippen molar-refractivity contribution in [2.75, 3.05) is 36.1 Å². The van der Waals surface area contributed by atoms with Gasteiger partial charge in [0, 0.05) is 24.6 Å². The Morgan fingerprint density at radius 3 is 2.81 bits per heavy atom. The van der Waals surface area contributed by atoms with E-state index in [1.54, 1.807) is 17.8 Å². The normalized spacial score (nSPS) is 20.8. The number of hydrogen-bond acceptors (Lipinski definition) is 5. The summed E-state index contributed by atoms with van der Waals surface area (Å²) in [7, 11) is -3.28. The molecule has 1 rings (SSSR count). The van der Waals surface area contributed by atoms with Crippen LogP contribution < -0.4 is 5.32 Å². The van der Waals surface area contributed by atoms with Crippen molar-refractivity contribution in [3.63, 3.8) is 0 Å². The molecule has 1 heterocycles. The van der Waals surface area contributed by atoms with Crippen molar-refractivity contribution < 1.29 is 23.1 Å². The fraction of sp³-hybridized carbons (Fsp3) is 0.667. The lowest BCUT2D eigenvalue weighted by Crippen LogP contribution is -2.55. The second-order valence-corrected chi connectivity index (χ2v) is 8.03. The third-order valence-electron chi connectivity index (χ3n) is 2.96. The molecule has 1 unspecified atom stereocenters. The van der Waals surface area contributed by atoms with E-state index in [0.29, 0.717) is 12.3 Å². The van der Waals surface area contributed by atoms with E-state index in [9.17, 15) is 18.0 Å². The van der Waals surface area contributed by atoms with Gasteiger partial charge in [-0.15, -0.1) is 6.58 Å². The average Bonchev–Trinajstić information content (AvgIpc) is 2.36. The van der Waals surface area contributed by atoms with Crippen molar-refractivity contribution in [1.29, 1.82) is 0 Å². The van der Waals surface area contributed by atoms with Crippen LogP contribution in [0.15, 0.2) is 12.7 Å². The molecule has 21 heavy (non-hydrogen) atoms. The van der Waals surface area contributed by atoms with Gasteiger partial charge in [-0.1, -0.05) is 6.08 Å². The molecule has 0 spiro atoms. The zero-order valence-electron chi connectivity index (χ0n) is 11.7. The van der Waals surface area contributed by atoms with Crippen molar-refractivity contribution in [3.05, 3.63) is 12.7 Å². The number of nitrogens with one attached hydrogen (secondary N) is 1. The Morgan fingerprint density at radius 1 is 1.48 bits per heavy atom. The van der Waals surface area contributed by atoms with Crippen LogP contribution in [0, 0.1) is 0 Å². The summed E-state index contributed by atoms with van der Waals surface area (Å²) in [6, 6.07) is -1.21. The predicted molar refractivity (Wildman–Crippen MR) is 82.3 cm³/mol. The molecule has 1 atom stereocenters. The van der Waals surface area contributed by atoms with Gasteiger partial charge in [0.25, 0.3) is 0 Å². The van der Waals surface area contributed by atoms with E-state index >= 15 is 0 Å². The first-order valence-electron chi connectivity index (χ1n) is 6.51. The summed E-state index contributed by atoms with van der Waals surface area (Å²) in [5, 5.41) is 11.5. The van der Waals surface area contributed by atoms with Crippen LogP contribution in [0.5, 0.6) is 0 Å². The van der Waals surface area contributed by atoms with Gasteiger partial charge in [-0.25, -0.2) is 13.2 Å². The highest BCUT2D eigenvalue weighted by molar-refractivity contribution is 7.99. The van der Waals surface area contributed by atoms with Crippen LogP contribution in [0.25, 0.3) is 0 Å². The summed E-state index contributed by atoms with van der Waals surface area (Å²) < 4.78 is 23.2. The Balaban J connectivity index is 2.54. The summed E-state index contributed by atoms with van der Waals surface area (Å²) >= 11 is 1.61. The van der Waals surface area contributed by atoms with Crippen LogP contribution in [0.3, 0.4) is 0 Å². The van der Waals surface area contributed by atoms with Gasteiger partial charge in [0.05, 0.1) is 24.0 Å². The zero-order chi connectivity index (χ0) is 15.9. The molecule has 0 aromatic heterocycles. The topological polar surface area (TPSA) is 104 Å². The number of carbonyl (C=O) groups is 2. The number of aliphatic carboxylic acids is 1. The van der Waals surface area contributed by atoms with Crippen LogP contribution in [0.2, 0.25) is 0 Å². The minimum atomic E-state index is -3.28. The molecule has 1 saturated heterocycles. The minimum Gasteiger partial charge on any atom is -0.481 e. The third-order valence-corrected chi connectivity index (χ3v) is 5.62. The fourth-order valence-electron chi connectivity index (χ4n) is 2.02. The van der Waals surface area contributed by atoms with Crippen LogP contribution in [-0.2, 0) is 14.6 Å². The summed E-state index contributed by atoms with van der Waals surface area (Å²) in [4.78, 5) is 24.2. The number of rotatable bonds is 7. The molecule has 2 amide bonds. The maximum atomic E-state index is 12.0. The van der Waals surface area contributed by atoms with Crippen LogP contribution in [-0.4, -0.2) is 72.6 Å². The number of carboxylic acids is 1. The van der Waals surface area contributed by atoms with E-state index in [0.717, 1.165) is 5.75 Å². The summed E-state index contributed by atoms with van der Waals surface area (Å²) in [5.41, 5.74) is 0.